The van der Waals surface area contributed by atoms with Crippen LogP contribution >= 0.6 is 0 Å². The fourth-order valence-corrected chi connectivity index (χ4v) is 3.46. The number of ether oxygens (including phenoxy) is 1. The Bertz CT molecular complexity index is 1190. The van der Waals surface area contributed by atoms with Gasteiger partial charge in [0.1, 0.15) is 17.3 Å². The van der Waals surface area contributed by atoms with Gasteiger partial charge in [-0.05, 0) is 49.7 Å². The van der Waals surface area contributed by atoms with Crippen molar-refractivity contribution in [2.24, 2.45) is 0 Å². The van der Waals surface area contributed by atoms with Crippen LogP contribution in [0, 0.1) is 12.7 Å². The number of anilines is 2. The molecule has 0 radical (unpaired) electrons. The third-order valence-corrected chi connectivity index (χ3v) is 4.90. The Morgan fingerprint density at radius 1 is 0.935 bits per heavy atom. The van der Waals surface area contributed by atoms with E-state index in [0.717, 1.165) is 10.5 Å². The van der Waals surface area contributed by atoms with Crippen molar-refractivity contribution in [2.75, 3.05) is 16.8 Å². The summed E-state index contributed by atoms with van der Waals surface area (Å²) in [5.74, 6) is -0.857. The molecule has 1 heterocycles. The van der Waals surface area contributed by atoms with Crippen LogP contribution < -0.4 is 15.0 Å². The second-order valence-electron chi connectivity index (χ2n) is 7.13. The van der Waals surface area contributed by atoms with E-state index in [0.29, 0.717) is 29.3 Å². The van der Waals surface area contributed by atoms with Crippen LogP contribution in [0.4, 0.5) is 15.8 Å². The van der Waals surface area contributed by atoms with E-state index in [1.807, 2.05) is 26.0 Å². The highest BCUT2D eigenvalue weighted by atomic mass is 19.1. The summed E-state index contributed by atoms with van der Waals surface area (Å²) in [4.78, 5) is 27.9. The molecule has 156 valence electrons. The minimum absolute atomic E-state index is 0.0984. The van der Waals surface area contributed by atoms with Gasteiger partial charge >= 0.3 is 0 Å². The van der Waals surface area contributed by atoms with E-state index in [4.69, 9.17) is 4.74 Å². The number of benzene rings is 3. The summed E-state index contributed by atoms with van der Waals surface area (Å²) in [5, 5.41) is 2.96. The SMILES string of the molecule is CCOc1cccc(N2C(=O)C(Nc3cccc(F)c3)=C(c3ccc(C)cc3)C2=O)c1. The number of carbonyl (C=O) groups is 2. The number of hydrogen-bond donors (Lipinski definition) is 1. The van der Waals surface area contributed by atoms with Crippen LogP contribution in [0.1, 0.15) is 18.1 Å². The molecule has 1 aliphatic rings. The predicted molar refractivity (Wildman–Crippen MR) is 118 cm³/mol. The van der Waals surface area contributed by atoms with Gasteiger partial charge in [0.25, 0.3) is 11.8 Å². The minimum atomic E-state index is -0.515. The van der Waals surface area contributed by atoms with Gasteiger partial charge in [0, 0.05) is 11.8 Å². The second kappa shape index (κ2) is 8.44. The van der Waals surface area contributed by atoms with Gasteiger partial charge in [0.15, 0.2) is 0 Å². The number of aryl methyl sites for hydroxylation is 1. The molecule has 6 heteroatoms. The minimum Gasteiger partial charge on any atom is -0.494 e. The molecule has 4 rings (SSSR count). The molecule has 3 aromatic rings. The van der Waals surface area contributed by atoms with Crippen LogP contribution in [0.15, 0.2) is 78.5 Å². The molecule has 0 spiro atoms. The summed E-state index contributed by atoms with van der Waals surface area (Å²) in [5.41, 5.74) is 2.75. The van der Waals surface area contributed by atoms with Crippen LogP contribution in [-0.4, -0.2) is 18.4 Å². The van der Waals surface area contributed by atoms with Crippen molar-refractivity contribution in [1.82, 2.24) is 0 Å². The van der Waals surface area contributed by atoms with Gasteiger partial charge in [-0.1, -0.05) is 42.0 Å². The highest BCUT2D eigenvalue weighted by Crippen LogP contribution is 2.35. The molecule has 0 atom stereocenters. The number of halogens is 1. The predicted octanol–water partition coefficient (Wildman–Crippen LogP) is 4.93. The molecular weight excluding hydrogens is 395 g/mol. The quantitative estimate of drug-likeness (QED) is 0.579. The number of nitrogens with zero attached hydrogens (tertiary/aromatic N) is 1. The van der Waals surface area contributed by atoms with Crippen LogP contribution in [-0.2, 0) is 9.59 Å². The molecule has 0 unspecified atom stereocenters. The number of carbonyl (C=O) groups excluding carboxylic acids is 2. The smallest absolute Gasteiger partial charge is 0.282 e. The first kappa shape index (κ1) is 20.3. The van der Waals surface area contributed by atoms with Crippen LogP contribution in [0.25, 0.3) is 5.57 Å². The monoisotopic (exact) mass is 416 g/mol. The van der Waals surface area contributed by atoms with Crippen LogP contribution in [0.2, 0.25) is 0 Å². The number of imide groups is 1. The topological polar surface area (TPSA) is 58.6 Å². The highest BCUT2D eigenvalue weighted by Gasteiger charge is 2.40. The molecule has 1 N–H and O–H groups in total. The molecule has 2 amide bonds. The molecule has 31 heavy (non-hydrogen) atoms. The van der Waals surface area contributed by atoms with E-state index in [9.17, 15) is 14.0 Å². The Morgan fingerprint density at radius 2 is 1.68 bits per heavy atom. The van der Waals surface area contributed by atoms with Crippen molar-refractivity contribution < 1.29 is 18.7 Å². The van der Waals surface area contributed by atoms with Crippen molar-refractivity contribution >= 4 is 28.8 Å². The molecule has 0 saturated carbocycles. The number of nitrogens with one attached hydrogen (secondary N) is 1. The Balaban J connectivity index is 1.80. The van der Waals surface area contributed by atoms with Gasteiger partial charge < -0.3 is 10.1 Å². The molecule has 3 aromatic carbocycles. The first-order chi connectivity index (χ1) is 15.0. The lowest BCUT2D eigenvalue weighted by atomic mass is 10.0. The summed E-state index contributed by atoms with van der Waals surface area (Å²) >= 11 is 0. The van der Waals surface area contributed by atoms with Crippen molar-refractivity contribution in [3.63, 3.8) is 0 Å². The summed E-state index contributed by atoms with van der Waals surface area (Å²) in [6.07, 6.45) is 0. The largest absolute Gasteiger partial charge is 0.494 e. The Labute approximate surface area is 179 Å². The van der Waals surface area contributed by atoms with E-state index in [2.05, 4.69) is 5.32 Å². The summed E-state index contributed by atoms with van der Waals surface area (Å²) in [6, 6.07) is 19.9. The lowest BCUT2D eigenvalue weighted by molar-refractivity contribution is -0.120. The van der Waals surface area contributed by atoms with E-state index in [-0.39, 0.29) is 11.3 Å². The number of rotatable bonds is 6. The van der Waals surface area contributed by atoms with Crippen LogP contribution in [0.5, 0.6) is 5.75 Å². The maximum absolute atomic E-state index is 13.7. The van der Waals surface area contributed by atoms with E-state index in [1.165, 1.54) is 18.2 Å². The highest BCUT2D eigenvalue weighted by molar-refractivity contribution is 6.46. The molecular formula is C25H21FN2O3. The van der Waals surface area contributed by atoms with Gasteiger partial charge in [-0.3, -0.25) is 9.59 Å². The molecule has 5 nitrogen and oxygen atoms in total. The van der Waals surface area contributed by atoms with Gasteiger partial charge in [0.2, 0.25) is 0 Å². The second-order valence-corrected chi connectivity index (χ2v) is 7.13. The zero-order valence-corrected chi connectivity index (χ0v) is 17.2. The van der Waals surface area contributed by atoms with Crippen molar-refractivity contribution in [3.05, 3.63) is 95.4 Å². The summed E-state index contributed by atoms with van der Waals surface area (Å²) in [7, 11) is 0. The maximum atomic E-state index is 13.7. The van der Waals surface area contributed by atoms with Crippen LogP contribution in [0.3, 0.4) is 0 Å². The lowest BCUT2D eigenvalue weighted by Gasteiger charge is -2.16. The molecule has 0 aromatic heterocycles. The third-order valence-electron chi connectivity index (χ3n) is 4.90. The normalized spacial score (nSPS) is 13.7. The fraction of sp³-hybridized carbons (Fsp3) is 0.120. The van der Waals surface area contributed by atoms with Gasteiger partial charge in [-0.2, -0.15) is 0 Å². The molecule has 0 bridgehead atoms. The van der Waals surface area contributed by atoms with Crippen molar-refractivity contribution in [3.8, 4) is 5.75 Å². The van der Waals surface area contributed by atoms with Gasteiger partial charge in [-0.25, -0.2) is 9.29 Å². The fourth-order valence-electron chi connectivity index (χ4n) is 3.46. The lowest BCUT2D eigenvalue weighted by Crippen LogP contribution is -2.32. The van der Waals surface area contributed by atoms with E-state index < -0.39 is 17.6 Å². The standard InChI is InChI=1S/C25H21FN2O3/c1-3-31-21-9-5-8-20(15-21)28-24(29)22(17-12-10-16(2)11-13-17)23(25(28)30)27-19-7-4-6-18(26)14-19/h4-15,27H,3H2,1-2H3. The average molecular weight is 416 g/mol. The first-order valence-corrected chi connectivity index (χ1v) is 9.93. The van der Waals surface area contributed by atoms with Crippen molar-refractivity contribution in [1.29, 1.82) is 0 Å². The molecule has 0 fully saturated rings. The molecule has 0 saturated heterocycles. The third kappa shape index (κ3) is 4.05. The number of amides is 2. The van der Waals surface area contributed by atoms with E-state index in [1.54, 1.807) is 42.5 Å². The zero-order valence-electron chi connectivity index (χ0n) is 17.2. The molecule has 0 aliphatic carbocycles. The zero-order chi connectivity index (χ0) is 22.0. The summed E-state index contributed by atoms with van der Waals surface area (Å²) < 4.78 is 19.2. The average Bonchev–Trinajstić information content (AvgIpc) is 2.99. The Kier molecular flexibility index (Phi) is 5.54. The summed E-state index contributed by atoms with van der Waals surface area (Å²) in [6.45, 7) is 4.26. The first-order valence-electron chi connectivity index (χ1n) is 9.93. The van der Waals surface area contributed by atoms with E-state index >= 15 is 0 Å². The Hall–Kier alpha value is -3.93. The Morgan fingerprint density at radius 3 is 2.39 bits per heavy atom. The maximum Gasteiger partial charge on any atom is 0.282 e. The van der Waals surface area contributed by atoms with Gasteiger partial charge in [0.05, 0.1) is 17.9 Å². The van der Waals surface area contributed by atoms with Gasteiger partial charge in [-0.15, -0.1) is 0 Å². The molecule has 1 aliphatic heterocycles. The van der Waals surface area contributed by atoms with Crippen molar-refractivity contribution in [2.45, 2.75) is 13.8 Å². The number of hydrogen-bond acceptors (Lipinski definition) is 4.